The van der Waals surface area contributed by atoms with Gasteiger partial charge in [0.25, 0.3) is 0 Å². The highest BCUT2D eigenvalue weighted by Gasteiger charge is 2.41. The van der Waals surface area contributed by atoms with Gasteiger partial charge in [0.1, 0.15) is 11.1 Å². The maximum atomic E-state index is 11.3. The average molecular weight is 245 g/mol. The Hall–Kier alpha value is -0.690. The van der Waals surface area contributed by atoms with Crippen LogP contribution in [0.3, 0.4) is 0 Å². The van der Waals surface area contributed by atoms with Crippen molar-refractivity contribution in [2.75, 3.05) is 11.5 Å². The number of hydrogen-bond donors (Lipinski definition) is 2. The van der Waals surface area contributed by atoms with Crippen molar-refractivity contribution in [3.8, 4) is 0 Å². The lowest BCUT2D eigenvalue weighted by Crippen LogP contribution is -2.38. The van der Waals surface area contributed by atoms with E-state index in [0.717, 1.165) is 11.5 Å². The maximum Gasteiger partial charge on any atom is 0.320 e. The molecule has 5 nitrogen and oxygen atoms in total. The predicted molar refractivity (Wildman–Crippen MR) is 59.2 cm³/mol. The number of aromatic amines is 1. The summed E-state index contributed by atoms with van der Waals surface area (Å²) < 4.78 is -0.717. The monoisotopic (exact) mass is 245 g/mol. The highest BCUT2D eigenvalue weighted by Crippen LogP contribution is 2.41. The Bertz CT molecular complexity index is 336. The van der Waals surface area contributed by atoms with Crippen molar-refractivity contribution >= 4 is 29.5 Å². The van der Waals surface area contributed by atoms with E-state index in [2.05, 4.69) is 15.2 Å². The van der Waals surface area contributed by atoms with E-state index in [1.807, 2.05) is 0 Å². The van der Waals surface area contributed by atoms with Gasteiger partial charge in [0.05, 0.1) is 0 Å². The van der Waals surface area contributed by atoms with Crippen molar-refractivity contribution < 1.29 is 9.90 Å². The lowest BCUT2D eigenvalue weighted by molar-refractivity contribution is -0.140. The van der Waals surface area contributed by atoms with Gasteiger partial charge in [-0.05, 0) is 24.3 Å². The summed E-state index contributed by atoms with van der Waals surface area (Å²) in [5.41, 5.74) is 0. The van der Waals surface area contributed by atoms with Gasteiger partial charge in [0.15, 0.2) is 5.16 Å². The lowest BCUT2D eigenvalue weighted by atomic mass is 10.0. The number of carboxylic acid groups (broad SMARTS) is 1. The zero-order chi connectivity index (χ0) is 10.7. The molecule has 82 valence electrons. The number of carboxylic acids is 1. The normalized spacial score (nSPS) is 20.0. The minimum Gasteiger partial charge on any atom is -0.480 e. The number of thioether (sulfide) groups is 2. The van der Waals surface area contributed by atoms with Crippen molar-refractivity contribution in [2.45, 2.75) is 22.7 Å². The Morgan fingerprint density at radius 3 is 2.87 bits per heavy atom. The highest BCUT2D eigenvalue weighted by atomic mass is 32.2. The molecule has 15 heavy (non-hydrogen) atoms. The molecule has 0 aliphatic carbocycles. The quantitative estimate of drug-likeness (QED) is 0.834. The van der Waals surface area contributed by atoms with Crippen molar-refractivity contribution in [3.05, 3.63) is 6.33 Å². The molecule has 0 spiro atoms. The smallest absolute Gasteiger partial charge is 0.320 e. The summed E-state index contributed by atoms with van der Waals surface area (Å²) in [5, 5.41) is 16.3. The van der Waals surface area contributed by atoms with Crippen LogP contribution in [-0.4, -0.2) is 42.5 Å². The molecule has 0 radical (unpaired) electrons. The van der Waals surface area contributed by atoms with E-state index in [9.17, 15) is 9.90 Å². The molecule has 2 rings (SSSR count). The first-order valence-corrected chi connectivity index (χ1v) is 6.56. The lowest BCUT2D eigenvalue weighted by Gasteiger charge is -2.30. The minimum atomic E-state index is -0.746. The van der Waals surface area contributed by atoms with Gasteiger partial charge < -0.3 is 5.11 Å². The molecule has 0 amide bonds. The second-order valence-electron chi connectivity index (χ2n) is 3.30. The summed E-state index contributed by atoms with van der Waals surface area (Å²) in [6.45, 7) is 0. The summed E-state index contributed by atoms with van der Waals surface area (Å²) in [6.07, 6.45) is 2.76. The summed E-state index contributed by atoms with van der Waals surface area (Å²) in [5.74, 6) is 1.05. The van der Waals surface area contributed by atoms with E-state index >= 15 is 0 Å². The van der Waals surface area contributed by atoms with E-state index < -0.39 is 10.7 Å². The zero-order valence-electron chi connectivity index (χ0n) is 7.97. The fourth-order valence-corrected chi connectivity index (χ4v) is 4.00. The van der Waals surface area contributed by atoms with Crippen LogP contribution in [0.15, 0.2) is 11.5 Å². The van der Waals surface area contributed by atoms with Gasteiger partial charge in [-0.1, -0.05) is 11.8 Å². The summed E-state index contributed by atoms with van der Waals surface area (Å²) in [7, 11) is 0. The van der Waals surface area contributed by atoms with Crippen LogP contribution in [0.5, 0.6) is 0 Å². The molecule has 0 bridgehead atoms. The van der Waals surface area contributed by atoms with Crippen molar-refractivity contribution in [1.82, 2.24) is 15.2 Å². The number of H-pyrrole nitrogens is 1. The van der Waals surface area contributed by atoms with Gasteiger partial charge in [-0.15, -0.1) is 0 Å². The third-order valence-electron chi connectivity index (χ3n) is 2.38. The molecule has 7 heteroatoms. The van der Waals surface area contributed by atoms with E-state index in [0.29, 0.717) is 18.0 Å². The fourth-order valence-electron chi connectivity index (χ4n) is 1.49. The Kier molecular flexibility index (Phi) is 3.20. The first-order valence-electron chi connectivity index (χ1n) is 4.58. The summed E-state index contributed by atoms with van der Waals surface area (Å²) in [4.78, 5) is 15.3. The van der Waals surface area contributed by atoms with Crippen LogP contribution in [0.25, 0.3) is 0 Å². The zero-order valence-corrected chi connectivity index (χ0v) is 9.61. The van der Waals surface area contributed by atoms with Gasteiger partial charge >= 0.3 is 5.97 Å². The Labute approximate surface area is 95.4 Å². The van der Waals surface area contributed by atoms with Gasteiger partial charge in [0.2, 0.25) is 0 Å². The van der Waals surface area contributed by atoms with Crippen molar-refractivity contribution in [3.63, 3.8) is 0 Å². The molecule has 1 saturated heterocycles. The first-order chi connectivity index (χ1) is 7.23. The Morgan fingerprint density at radius 1 is 1.60 bits per heavy atom. The number of rotatable bonds is 3. The van der Waals surface area contributed by atoms with Crippen molar-refractivity contribution in [1.29, 1.82) is 0 Å². The molecule has 1 aliphatic rings. The van der Waals surface area contributed by atoms with Gasteiger partial charge in [-0.3, -0.25) is 9.89 Å². The fraction of sp³-hybridized carbons (Fsp3) is 0.625. The molecule has 2 heterocycles. The highest BCUT2D eigenvalue weighted by molar-refractivity contribution is 8.02. The van der Waals surface area contributed by atoms with Crippen molar-refractivity contribution in [2.24, 2.45) is 0 Å². The van der Waals surface area contributed by atoms with Gasteiger partial charge in [-0.2, -0.15) is 16.9 Å². The molecule has 0 atom stereocenters. The van der Waals surface area contributed by atoms with E-state index in [1.54, 1.807) is 11.8 Å². The van der Waals surface area contributed by atoms with E-state index in [4.69, 9.17) is 0 Å². The number of nitrogens with zero attached hydrogens (tertiary/aromatic N) is 2. The Morgan fingerprint density at radius 2 is 2.33 bits per heavy atom. The van der Waals surface area contributed by atoms with Gasteiger partial charge in [0, 0.05) is 0 Å². The maximum absolute atomic E-state index is 11.3. The molecular weight excluding hydrogens is 234 g/mol. The van der Waals surface area contributed by atoms with Gasteiger partial charge in [-0.25, -0.2) is 4.98 Å². The largest absolute Gasteiger partial charge is 0.480 e. The number of carbonyl (C=O) groups is 1. The topological polar surface area (TPSA) is 78.9 Å². The number of hydrogen-bond acceptors (Lipinski definition) is 5. The molecule has 1 aromatic heterocycles. The molecular formula is C8H11N3O2S2. The molecule has 2 N–H and O–H groups in total. The van der Waals surface area contributed by atoms with Crippen LogP contribution in [0.2, 0.25) is 0 Å². The SMILES string of the molecule is O=C(O)C1(Sc2ncn[nH]2)CCSCC1. The van der Waals surface area contributed by atoms with E-state index in [1.165, 1.54) is 18.1 Å². The summed E-state index contributed by atoms with van der Waals surface area (Å²) >= 11 is 3.09. The molecule has 1 aliphatic heterocycles. The Balaban J connectivity index is 2.15. The third-order valence-corrected chi connectivity index (χ3v) is 4.72. The second-order valence-corrected chi connectivity index (χ2v) is 5.90. The second kappa shape index (κ2) is 4.44. The predicted octanol–water partition coefficient (Wildman–Crippen LogP) is 1.25. The molecule has 0 saturated carbocycles. The number of aromatic nitrogens is 3. The first kappa shape index (κ1) is 10.8. The van der Waals surface area contributed by atoms with Crippen LogP contribution in [0.4, 0.5) is 0 Å². The number of nitrogens with one attached hydrogen (secondary N) is 1. The average Bonchev–Trinajstić information content (AvgIpc) is 2.71. The van der Waals surface area contributed by atoms with E-state index in [-0.39, 0.29) is 0 Å². The minimum absolute atomic E-state index is 0.587. The van der Waals surface area contributed by atoms with Crippen LogP contribution < -0.4 is 0 Å². The third kappa shape index (κ3) is 2.28. The molecule has 1 fully saturated rings. The van der Waals surface area contributed by atoms with Crippen LogP contribution >= 0.6 is 23.5 Å². The van der Waals surface area contributed by atoms with Crippen LogP contribution in [0.1, 0.15) is 12.8 Å². The van der Waals surface area contributed by atoms with Crippen LogP contribution in [0, 0.1) is 0 Å². The molecule has 1 aromatic rings. The standard InChI is InChI=1S/C8H11N3O2S2/c12-6(13)8(1-3-14-4-2-8)15-7-9-5-10-11-7/h5H,1-4H2,(H,12,13)(H,9,10,11). The summed E-state index contributed by atoms with van der Waals surface area (Å²) in [6, 6.07) is 0. The molecule has 0 unspecified atom stereocenters. The molecule has 0 aromatic carbocycles. The van der Waals surface area contributed by atoms with Crippen LogP contribution in [-0.2, 0) is 4.79 Å². The number of aliphatic carboxylic acids is 1.